The Balaban J connectivity index is 1.93. The molecule has 0 spiro atoms. The van der Waals surface area contributed by atoms with E-state index in [-0.39, 0.29) is 16.9 Å². The van der Waals surface area contributed by atoms with Crippen molar-refractivity contribution in [1.82, 2.24) is 0 Å². The highest BCUT2D eigenvalue weighted by molar-refractivity contribution is 7.93. The van der Waals surface area contributed by atoms with E-state index in [1.165, 1.54) is 12.3 Å². The summed E-state index contributed by atoms with van der Waals surface area (Å²) < 4.78 is 60.3. The van der Waals surface area contributed by atoms with E-state index in [9.17, 15) is 27.0 Å². The predicted molar refractivity (Wildman–Crippen MR) is 113 cm³/mol. The van der Waals surface area contributed by atoms with Crippen LogP contribution in [0.2, 0.25) is 0 Å². The Morgan fingerprint density at radius 1 is 0.906 bits per heavy atom. The van der Waals surface area contributed by atoms with Gasteiger partial charge in [0.1, 0.15) is 5.75 Å². The lowest BCUT2D eigenvalue weighted by Crippen LogP contribution is -2.13. The number of amides is 1. The molecule has 0 aliphatic rings. The van der Waals surface area contributed by atoms with Crippen molar-refractivity contribution >= 4 is 21.6 Å². The SMILES string of the molecule is Cc1cccc(OC(=O)c2ccc(C(F)(F)F)cc2)c1C(=O)N=S(C)(=O)c1ccccc1. The van der Waals surface area contributed by atoms with Gasteiger partial charge in [0.2, 0.25) is 0 Å². The first-order valence-corrected chi connectivity index (χ1v) is 11.2. The fourth-order valence-electron chi connectivity index (χ4n) is 2.88. The van der Waals surface area contributed by atoms with Crippen molar-refractivity contribution in [3.05, 3.63) is 95.1 Å². The van der Waals surface area contributed by atoms with Crippen molar-refractivity contribution in [3.8, 4) is 5.75 Å². The summed E-state index contributed by atoms with van der Waals surface area (Å²) in [6.07, 6.45) is -3.21. The van der Waals surface area contributed by atoms with Crippen LogP contribution in [0.4, 0.5) is 13.2 Å². The predicted octanol–water partition coefficient (Wildman–Crippen LogP) is 5.53. The zero-order valence-corrected chi connectivity index (χ0v) is 17.9. The molecule has 1 amide bonds. The summed E-state index contributed by atoms with van der Waals surface area (Å²) in [4.78, 5) is 25.7. The Morgan fingerprint density at radius 3 is 2.12 bits per heavy atom. The van der Waals surface area contributed by atoms with Gasteiger partial charge in [0, 0.05) is 11.2 Å². The smallest absolute Gasteiger partial charge is 0.416 e. The molecule has 0 saturated carbocycles. The number of ether oxygens (including phenoxy) is 1. The minimum Gasteiger partial charge on any atom is -0.422 e. The molecular formula is C23H18F3NO4S. The molecule has 3 rings (SSSR count). The molecule has 0 saturated heterocycles. The molecule has 0 aromatic heterocycles. The number of rotatable bonds is 4. The second-order valence-electron chi connectivity index (χ2n) is 6.92. The van der Waals surface area contributed by atoms with E-state index >= 15 is 0 Å². The molecule has 5 nitrogen and oxygen atoms in total. The lowest BCUT2D eigenvalue weighted by molar-refractivity contribution is -0.137. The van der Waals surface area contributed by atoms with Gasteiger partial charge >= 0.3 is 12.1 Å². The third-order valence-corrected chi connectivity index (χ3v) is 6.20. The summed E-state index contributed by atoms with van der Waals surface area (Å²) in [5.41, 5.74) is -0.658. The van der Waals surface area contributed by atoms with Crippen molar-refractivity contribution in [2.45, 2.75) is 18.0 Å². The van der Waals surface area contributed by atoms with Gasteiger partial charge in [-0.2, -0.15) is 17.5 Å². The molecule has 0 bridgehead atoms. The molecule has 166 valence electrons. The fourth-order valence-corrected chi connectivity index (χ4v) is 4.06. The lowest BCUT2D eigenvalue weighted by Gasteiger charge is -2.12. The highest BCUT2D eigenvalue weighted by Gasteiger charge is 2.30. The summed E-state index contributed by atoms with van der Waals surface area (Å²) in [6, 6.07) is 16.2. The molecule has 0 fully saturated rings. The van der Waals surface area contributed by atoms with Crippen LogP contribution in [0, 0.1) is 6.92 Å². The molecule has 0 N–H and O–H groups in total. The Kier molecular flexibility index (Phi) is 6.50. The fraction of sp³-hybridized carbons (Fsp3) is 0.130. The monoisotopic (exact) mass is 461 g/mol. The van der Waals surface area contributed by atoms with Crippen LogP contribution in [0.1, 0.15) is 31.8 Å². The average Bonchev–Trinajstić information content (AvgIpc) is 2.73. The Bertz CT molecular complexity index is 1280. The summed E-state index contributed by atoms with van der Waals surface area (Å²) >= 11 is 0. The topological polar surface area (TPSA) is 72.8 Å². The minimum atomic E-state index is -4.54. The van der Waals surface area contributed by atoms with Gasteiger partial charge in [-0.1, -0.05) is 30.3 Å². The summed E-state index contributed by atoms with van der Waals surface area (Å²) in [5, 5.41) is 0. The van der Waals surface area contributed by atoms with Crippen LogP contribution in [-0.2, 0) is 15.9 Å². The van der Waals surface area contributed by atoms with E-state index in [1.807, 2.05) is 0 Å². The quantitative estimate of drug-likeness (QED) is 0.378. The number of carbonyl (C=O) groups is 2. The Hall–Kier alpha value is -3.46. The van der Waals surface area contributed by atoms with Gasteiger partial charge in [0.05, 0.1) is 26.4 Å². The maximum Gasteiger partial charge on any atom is 0.416 e. The molecule has 0 radical (unpaired) electrons. The van der Waals surface area contributed by atoms with Gasteiger partial charge in [-0.05, 0) is 55.0 Å². The van der Waals surface area contributed by atoms with E-state index in [4.69, 9.17) is 4.74 Å². The number of benzene rings is 3. The maximum atomic E-state index is 13.0. The van der Waals surface area contributed by atoms with Crippen LogP contribution < -0.4 is 4.74 Å². The van der Waals surface area contributed by atoms with Crippen LogP contribution in [-0.4, -0.2) is 22.3 Å². The van der Waals surface area contributed by atoms with Crippen LogP contribution in [0.25, 0.3) is 0 Å². The number of hydrogen-bond donors (Lipinski definition) is 0. The lowest BCUT2D eigenvalue weighted by atomic mass is 10.1. The highest BCUT2D eigenvalue weighted by Crippen LogP contribution is 2.30. The first kappa shape index (κ1) is 23.2. The molecule has 3 aromatic rings. The van der Waals surface area contributed by atoms with E-state index in [1.54, 1.807) is 49.4 Å². The maximum absolute atomic E-state index is 13.0. The summed E-state index contributed by atoms with van der Waals surface area (Å²) in [6.45, 7) is 1.60. The largest absolute Gasteiger partial charge is 0.422 e. The minimum absolute atomic E-state index is 0.0572. The van der Waals surface area contributed by atoms with E-state index < -0.39 is 33.3 Å². The number of aryl methyl sites for hydroxylation is 1. The second kappa shape index (κ2) is 8.96. The van der Waals surface area contributed by atoms with Gasteiger partial charge in [-0.3, -0.25) is 4.79 Å². The van der Waals surface area contributed by atoms with Gasteiger partial charge < -0.3 is 4.74 Å². The molecule has 1 atom stereocenters. The standard InChI is InChI=1S/C23H18F3NO4S/c1-15-7-6-10-19(31-22(29)16-11-13-17(14-12-16)23(24,25)26)20(15)21(28)27-32(2,30)18-8-4-3-5-9-18/h3-14H,1-2H3. The molecule has 3 aromatic carbocycles. The third-order valence-electron chi connectivity index (χ3n) is 4.54. The van der Waals surface area contributed by atoms with Crippen LogP contribution >= 0.6 is 0 Å². The zero-order chi connectivity index (χ0) is 23.5. The van der Waals surface area contributed by atoms with Gasteiger partial charge in [0.25, 0.3) is 5.91 Å². The normalized spacial score (nSPS) is 13.2. The molecule has 0 aliphatic heterocycles. The number of carbonyl (C=O) groups excluding carboxylic acids is 2. The van der Waals surface area contributed by atoms with Gasteiger partial charge in [0.15, 0.2) is 0 Å². The third kappa shape index (κ3) is 5.23. The number of halogens is 3. The molecular weight excluding hydrogens is 443 g/mol. The molecule has 32 heavy (non-hydrogen) atoms. The first-order chi connectivity index (χ1) is 15.0. The van der Waals surface area contributed by atoms with E-state index in [0.717, 1.165) is 24.3 Å². The van der Waals surface area contributed by atoms with Gasteiger partial charge in [-0.15, -0.1) is 0 Å². The van der Waals surface area contributed by atoms with Crippen molar-refractivity contribution in [2.24, 2.45) is 4.36 Å². The van der Waals surface area contributed by atoms with Crippen molar-refractivity contribution in [1.29, 1.82) is 0 Å². The van der Waals surface area contributed by atoms with E-state index in [2.05, 4.69) is 4.36 Å². The number of nitrogens with zero attached hydrogens (tertiary/aromatic N) is 1. The molecule has 0 aliphatic carbocycles. The summed E-state index contributed by atoms with van der Waals surface area (Å²) in [7, 11) is -3.06. The Labute approximate surface area is 183 Å². The van der Waals surface area contributed by atoms with Crippen molar-refractivity contribution < 1.29 is 31.7 Å². The van der Waals surface area contributed by atoms with Crippen molar-refractivity contribution in [2.75, 3.05) is 6.26 Å². The Morgan fingerprint density at radius 2 is 1.53 bits per heavy atom. The van der Waals surface area contributed by atoms with Crippen LogP contribution in [0.5, 0.6) is 5.75 Å². The van der Waals surface area contributed by atoms with Crippen molar-refractivity contribution in [3.63, 3.8) is 0 Å². The van der Waals surface area contributed by atoms with Crippen LogP contribution in [0.3, 0.4) is 0 Å². The summed E-state index contributed by atoms with van der Waals surface area (Å²) in [5.74, 6) is -1.92. The van der Waals surface area contributed by atoms with Crippen LogP contribution in [0.15, 0.2) is 82.1 Å². The number of hydrogen-bond acceptors (Lipinski definition) is 4. The second-order valence-corrected chi connectivity index (χ2v) is 9.18. The zero-order valence-electron chi connectivity index (χ0n) is 17.1. The average molecular weight is 461 g/mol. The highest BCUT2D eigenvalue weighted by atomic mass is 32.2. The number of esters is 1. The molecule has 1 unspecified atom stereocenters. The van der Waals surface area contributed by atoms with E-state index in [0.29, 0.717) is 10.5 Å². The number of alkyl halides is 3. The molecule has 9 heteroatoms. The van der Waals surface area contributed by atoms with Gasteiger partial charge in [-0.25, -0.2) is 9.00 Å². The first-order valence-electron chi connectivity index (χ1n) is 9.29. The molecule has 0 heterocycles.